The number of aromatic amines is 2. The van der Waals surface area contributed by atoms with Gasteiger partial charge in [-0.25, -0.2) is 4.99 Å². The summed E-state index contributed by atoms with van der Waals surface area (Å²) in [6.45, 7) is 16.5. The third-order valence-electron chi connectivity index (χ3n) is 7.85. The third-order valence-corrected chi connectivity index (χ3v) is 7.85. The molecule has 2 aromatic rings. The molecule has 0 saturated heterocycles. The van der Waals surface area contributed by atoms with Crippen LogP contribution in [0.1, 0.15) is 88.0 Å². The van der Waals surface area contributed by atoms with Crippen molar-refractivity contribution in [2.45, 2.75) is 81.1 Å². The first-order chi connectivity index (χ1) is 17.6. The molecule has 4 rings (SSSR count). The van der Waals surface area contributed by atoms with Crippen LogP contribution >= 0.6 is 0 Å². The monoisotopic (exact) mass is 498 g/mol. The van der Waals surface area contributed by atoms with E-state index in [0.717, 1.165) is 81.5 Å². The zero-order valence-electron chi connectivity index (χ0n) is 23.3. The minimum Gasteiger partial charge on any atom is -0.355 e. The molecule has 0 aliphatic carbocycles. The lowest BCUT2D eigenvalue weighted by molar-refractivity contribution is -0.116. The predicted molar refractivity (Wildman–Crippen MR) is 152 cm³/mol. The number of rotatable bonds is 7. The molecule has 37 heavy (non-hydrogen) atoms. The van der Waals surface area contributed by atoms with Crippen molar-refractivity contribution >= 4 is 35.8 Å². The maximum atomic E-state index is 12.2. The van der Waals surface area contributed by atoms with E-state index in [9.17, 15) is 9.59 Å². The van der Waals surface area contributed by atoms with Gasteiger partial charge in [-0.1, -0.05) is 27.7 Å². The van der Waals surface area contributed by atoms with Crippen molar-refractivity contribution in [3.05, 3.63) is 72.3 Å². The van der Waals surface area contributed by atoms with Gasteiger partial charge in [0, 0.05) is 38.9 Å². The Labute approximate surface area is 219 Å². The summed E-state index contributed by atoms with van der Waals surface area (Å²) in [4.78, 5) is 35.9. The summed E-state index contributed by atoms with van der Waals surface area (Å²) in [7, 11) is 0. The van der Waals surface area contributed by atoms with Gasteiger partial charge in [-0.15, -0.1) is 0 Å². The lowest BCUT2D eigenvalue weighted by Gasteiger charge is -2.03. The first-order valence-corrected chi connectivity index (χ1v) is 13.3. The van der Waals surface area contributed by atoms with Crippen LogP contribution in [0.2, 0.25) is 0 Å². The van der Waals surface area contributed by atoms with Gasteiger partial charge in [-0.05, 0) is 105 Å². The Balaban J connectivity index is 1.84. The van der Waals surface area contributed by atoms with Gasteiger partial charge < -0.3 is 15.3 Å². The molecule has 2 aliphatic rings. The number of carbonyl (C=O) groups excluding carboxylic acids is 2. The Morgan fingerprint density at radius 3 is 1.97 bits per heavy atom. The smallest absolute Gasteiger partial charge is 0.273 e. The fourth-order valence-corrected chi connectivity index (χ4v) is 5.59. The molecule has 3 N–H and O–H groups in total. The molecule has 0 radical (unpaired) electrons. The Hall–Kier alpha value is -3.67. The standard InChI is InChI=1S/C31H38N4O2/c1-9-20-16(5)24(13-28-22(11-3)18(7)30(36)34-28)32-26(20)15-27-21(10-2)17(6)25(33-27)14-29-23(12-4)19(8)31(37)35-29/h13-15,32-33H,9-12H2,1-8H3,(H,34,36)/b25-14?,27-15?,28-13-. The number of amides is 2. The van der Waals surface area contributed by atoms with Gasteiger partial charge in [-0.2, -0.15) is 0 Å². The Kier molecular flexibility index (Phi) is 7.39. The molecule has 0 fully saturated rings. The minimum atomic E-state index is -0.138. The normalized spacial score (nSPS) is 18.3. The van der Waals surface area contributed by atoms with E-state index in [-0.39, 0.29) is 11.8 Å². The molecule has 0 aromatic carbocycles. The maximum Gasteiger partial charge on any atom is 0.273 e. The van der Waals surface area contributed by atoms with Gasteiger partial charge in [0.2, 0.25) is 0 Å². The van der Waals surface area contributed by atoms with E-state index < -0.39 is 0 Å². The highest BCUT2D eigenvalue weighted by molar-refractivity contribution is 6.30. The quantitative estimate of drug-likeness (QED) is 0.521. The van der Waals surface area contributed by atoms with Gasteiger partial charge in [0.15, 0.2) is 0 Å². The van der Waals surface area contributed by atoms with Gasteiger partial charge in [-0.3, -0.25) is 9.59 Å². The average molecular weight is 499 g/mol. The fourth-order valence-electron chi connectivity index (χ4n) is 5.59. The molecular weight excluding hydrogens is 460 g/mol. The van der Waals surface area contributed by atoms with Crippen LogP contribution in [0.15, 0.2) is 33.0 Å². The fraction of sp³-hybridized carbons (Fsp3) is 0.387. The van der Waals surface area contributed by atoms with Crippen molar-refractivity contribution < 1.29 is 9.59 Å². The molecule has 2 aromatic heterocycles. The summed E-state index contributed by atoms with van der Waals surface area (Å²) in [5.74, 6) is -0.154. The van der Waals surface area contributed by atoms with Gasteiger partial charge in [0.25, 0.3) is 11.8 Å². The van der Waals surface area contributed by atoms with Crippen LogP contribution in [0.25, 0.3) is 18.2 Å². The second-order valence-electron chi connectivity index (χ2n) is 9.84. The van der Waals surface area contributed by atoms with Gasteiger partial charge >= 0.3 is 0 Å². The lowest BCUT2D eigenvalue weighted by atomic mass is 10.0. The highest BCUT2D eigenvalue weighted by atomic mass is 16.2. The summed E-state index contributed by atoms with van der Waals surface area (Å²) in [6, 6.07) is 0. The summed E-state index contributed by atoms with van der Waals surface area (Å²) in [5, 5.41) is 5.07. The zero-order chi connectivity index (χ0) is 27.0. The van der Waals surface area contributed by atoms with Crippen LogP contribution in [0.5, 0.6) is 0 Å². The number of nitrogens with zero attached hydrogens (tertiary/aromatic N) is 1. The molecule has 4 heterocycles. The van der Waals surface area contributed by atoms with E-state index in [1.807, 2.05) is 19.9 Å². The van der Waals surface area contributed by atoms with Gasteiger partial charge in [0.05, 0.1) is 5.71 Å². The summed E-state index contributed by atoms with van der Waals surface area (Å²) >= 11 is 0. The minimum absolute atomic E-state index is 0.0159. The average Bonchev–Trinajstić information content (AvgIpc) is 3.51. The van der Waals surface area contributed by atoms with Crippen LogP contribution in [-0.2, 0) is 22.4 Å². The number of nitrogens with one attached hydrogen (secondary N) is 3. The predicted octanol–water partition coefficient (Wildman–Crippen LogP) is 4.60. The summed E-state index contributed by atoms with van der Waals surface area (Å²) < 4.78 is 0. The van der Waals surface area contributed by atoms with Crippen molar-refractivity contribution in [3.8, 4) is 0 Å². The Bertz CT molecular complexity index is 1550. The molecule has 0 spiro atoms. The molecule has 194 valence electrons. The highest BCUT2D eigenvalue weighted by Crippen LogP contribution is 2.28. The molecule has 0 unspecified atom stereocenters. The molecular formula is C31H38N4O2. The van der Waals surface area contributed by atoms with E-state index in [0.29, 0.717) is 0 Å². The molecule has 0 saturated carbocycles. The number of hydrogen-bond acceptors (Lipinski definition) is 2. The topological polar surface area (TPSA) is 90.1 Å². The van der Waals surface area contributed by atoms with E-state index in [1.54, 1.807) is 0 Å². The first kappa shape index (κ1) is 26.4. The number of H-pyrrole nitrogens is 2. The Morgan fingerprint density at radius 2 is 1.35 bits per heavy atom. The van der Waals surface area contributed by atoms with Crippen LogP contribution in [-0.4, -0.2) is 27.5 Å². The largest absolute Gasteiger partial charge is 0.355 e. The van der Waals surface area contributed by atoms with Gasteiger partial charge in [0.1, 0.15) is 0 Å². The van der Waals surface area contributed by atoms with Crippen molar-refractivity contribution in [1.29, 1.82) is 0 Å². The zero-order valence-corrected chi connectivity index (χ0v) is 23.3. The van der Waals surface area contributed by atoms with E-state index in [2.05, 4.69) is 74.0 Å². The molecule has 0 atom stereocenters. The van der Waals surface area contributed by atoms with Crippen LogP contribution in [0.4, 0.5) is 0 Å². The number of hydrogen-bond donors (Lipinski definition) is 3. The van der Waals surface area contributed by atoms with E-state index in [4.69, 9.17) is 0 Å². The lowest BCUT2D eigenvalue weighted by Crippen LogP contribution is -2.15. The summed E-state index contributed by atoms with van der Waals surface area (Å²) in [5.41, 5.74) is 12.2. The molecule has 2 aliphatic heterocycles. The van der Waals surface area contributed by atoms with Crippen LogP contribution < -0.4 is 16.0 Å². The number of carbonyl (C=O) groups is 2. The Morgan fingerprint density at radius 1 is 0.676 bits per heavy atom. The third kappa shape index (κ3) is 4.61. The second kappa shape index (κ2) is 10.4. The molecule has 6 nitrogen and oxygen atoms in total. The van der Waals surface area contributed by atoms with E-state index in [1.165, 1.54) is 22.3 Å². The second-order valence-corrected chi connectivity index (χ2v) is 9.84. The van der Waals surface area contributed by atoms with Crippen molar-refractivity contribution in [1.82, 2.24) is 15.3 Å². The number of aliphatic imine (C=N–C) groups is 1. The SMILES string of the molecule is CCC1=C(C)C(=O)N=C1C=c1[nH]c(=Cc2[nH]c(/C=C3\NC(=O)C(C)=C3CC)c(C)c2CC)c(CC)c1C. The number of allylic oxidation sites excluding steroid dienone is 2. The molecule has 2 amide bonds. The molecule has 0 bridgehead atoms. The first-order valence-electron chi connectivity index (χ1n) is 13.3. The highest BCUT2D eigenvalue weighted by Gasteiger charge is 2.23. The van der Waals surface area contributed by atoms with Crippen molar-refractivity contribution in [2.24, 2.45) is 4.99 Å². The van der Waals surface area contributed by atoms with Crippen molar-refractivity contribution in [3.63, 3.8) is 0 Å². The van der Waals surface area contributed by atoms with Crippen LogP contribution in [0.3, 0.4) is 0 Å². The van der Waals surface area contributed by atoms with Crippen LogP contribution in [0, 0.1) is 13.8 Å². The van der Waals surface area contributed by atoms with E-state index >= 15 is 0 Å². The summed E-state index contributed by atoms with van der Waals surface area (Å²) in [6.07, 6.45) is 9.63. The maximum absolute atomic E-state index is 12.2. The molecule has 6 heteroatoms. The van der Waals surface area contributed by atoms with Crippen molar-refractivity contribution in [2.75, 3.05) is 0 Å². The number of aromatic nitrogens is 2.